The summed E-state index contributed by atoms with van der Waals surface area (Å²) < 4.78 is 5.81. The van der Waals surface area contributed by atoms with Crippen LogP contribution in [0.4, 0.5) is 0 Å². The highest BCUT2D eigenvalue weighted by atomic mass is 35.5. The van der Waals surface area contributed by atoms with Gasteiger partial charge < -0.3 is 10.5 Å². The normalized spacial score (nSPS) is 16.6. The summed E-state index contributed by atoms with van der Waals surface area (Å²) in [5.74, 6) is 1.07. The number of ether oxygens (including phenoxy) is 1. The largest absolute Gasteiger partial charge is 0.493 e. The first-order chi connectivity index (χ1) is 8.01. The molecule has 1 saturated carbocycles. The topological polar surface area (TPSA) is 59.1 Å². The molecule has 1 aromatic carbocycles. The van der Waals surface area contributed by atoms with Crippen molar-refractivity contribution in [1.82, 2.24) is 0 Å². The number of hydrogen-bond acceptors (Lipinski definition) is 2. The highest BCUT2D eigenvalue weighted by Gasteiger charge is 2.44. The lowest BCUT2D eigenvalue weighted by Crippen LogP contribution is -2.21. The zero-order valence-corrected chi connectivity index (χ0v) is 10.7. The van der Waals surface area contributed by atoms with Crippen LogP contribution in [0.5, 0.6) is 5.75 Å². The Balaban J connectivity index is 1.98. The van der Waals surface area contributed by atoms with Crippen LogP contribution < -0.4 is 10.5 Å². The van der Waals surface area contributed by atoms with Crippen LogP contribution in [0.2, 0.25) is 5.02 Å². The van der Waals surface area contributed by atoms with Crippen LogP contribution in [0.1, 0.15) is 24.8 Å². The van der Waals surface area contributed by atoms with Gasteiger partial charge in [-0.2, -0.15) is 0 Å². The molecule has 2 rings (SSSR count). The second-order valence-corrected chi connectivity index (χ2v) is 5.34. The van der Waals surface area contributed by atoms with Gasteiger partial charge in [-0.1, -0.05) is 17.7 Å². The molecule has 3 nitrogen and oxygen atoms in total. The van der Waals surface area contributed by atoms with E-state index < -0.39 is 0 Å². The van der Waals surface area contributed by atoms with Crippen LogP contribution >= 0.6 is 11.6 Å². The minimum absolute atomic E-state index is 0.0978. The Labute approximate surface area is 106 Å². The number of hydrogen-bond donors (Lipinski definition) is 2. The fourth-order valence-corrected chi connectivity index (χ4v) is 2.08. The Morgan fingerprint density at radius 2 is 2.24 bits per heavy atom. The van der Waals surface area contributed by atoms with Crippen LogP contribution in [0.3, 0.4) is 0 Å². The lowest BCUT2D eigenvalue weighted by Gasteiger charge is -2.16. The van der Waals surface area contributed by atoms with Gasteiger partial charge in [0.25, 0.3) is 0 Å². The SMILES string of the molecule is Cc1ccc(Cl)cc1OCC1(CC(=N)N)CC1. The number of amidine groups is 1. The monoisotopic (exact) mass is 252 g/mol. The molecule has 4 heteroatoms. The Bertz CT molecular complexity index is 441. The molecule has 17 heavy (non-hydrogen) atoms. The summed E-state index contributed by atoms with van der Waals surface area (Å²) >= 11 is 5.93. The van der Waals surface area contributed by atoms with Gasteiger partial charge in [0.2, 0.25) is 0 Å². The number of halogens is 1. The van der Waals surface area contributed by atoms with Gasteiger partial charge in [-0.25, -0.2) is 0 Å². The molecule has 1 aromatic rings. The molecule has 0 aliphatic heterocycles. The van der Waals surface area contributed by atoms with E-state index in [2.05, 4.69) is 0 Å². The number of benzene rings is 1. The van der Waals surface area contributed by atoms with E-state index in [1.807, 2.05) is 25.1 Å². The lowest BCUT2D eigenvalue weighted by atomic mass is 10.0. The summed E-state index contributed by atoms with van der Waals surface area (Å²) in [6.45, 7) is 2.62. The van der Waals surface area contributed by atoms with E-state index in [4.69, 9.17) is 27.5 Å². The Morgan fingerprint density at radius 3 is 2.82 bits per heavy atom. The smallest absolute Gasteiger partial charge is 0.123 e. The molecule has 0 unspecified atom stereocenters. The van der Waals surface area contributed by atoms with E-state index in [9.17, 15) is 0 Å². The summed E-state index contributed by atoms with van der Waals surface area (Å²) in [5, 5.41) is 8.03. The summed E-state index contributed by atoms with van der Waals surface area (Å²) in [5.41, 5.74) is 6.62. The van der Waals surface area contributed by atoms with Gasteiger partial charge in [-0.15, -0.1) is 0 Å². The van der Waals surface area contributed by atoms with Crippen molar-refractivity contribution in [3.8, 4) is 5.75 Å². The fourth-order valence-electron chi connectivity index (χ4n) is 1.91. The average Bonchev–Trinajstić information content (AvgIpc) is 2.99. The molecule has 0 saturated heterocycles. The molecule has 0 bridgehead atoms. The average molecular weight is 253 g/mol. The van der Waals surface area contributed by atoms with Crippen molar-refractivity contribution in [1.29, 1.82) is 5.41 Å². The fraction of sp³-hybridized carbons (Fsp3) is 0.462. The predicted octanol–water partition coefficient (Wildman–Crippen LogP) is 3.13. The third-order valence-corrected chi connectivity index (χ3v) is 3.44. The first-order valence-electron chi connectivity index (χ1n) is 5.73. The zero-order chi connectivity index (χ0) is 12.5. The van der Waals surface area contributed by atoms with Crippen LogP contribution in [-0.4, -0.2) is 12.4 Å². The molecule has 3 N–H and O–H groups in total. The first kappa shape index (κ1) is 12.2. The van der Waals surface area contributed by atoms with Gasteiger partial charge in [-0.05, 0) is 37.5 Å². The molecule has 0 heterocycles. The van der Waals surface area contributed by atoms with Crippen LogP contribution in [-0.2, 0) is 0 Å². The molecule has 0 atom stereocenters. The second-order valence-electron chi connectivity index (χ2n) is 4.90. The Morgan fingerprint density at radius 1 is 1.53 bits per heavy atom. The van der Waals surface area contributed by atoms with Gasteiger partial charge in [0.15, 0.2) is 0 Å². The van der Waals surface area contributed by atoms with Gasteiger partial charge in [0.05, 0.1) is 12.4 Å². The zero-order valence-electron chi connectivity index (χ0n) is 9.92. The minimum Gasteiger partial charge on any atom is -0.493 e. The number of nitrogens with one attached hydrogen (secondary N) is 1. The van der Waals surface area contributed by atoms with E-state index in [0.29, 0.717) is 18.1 Å². The van der Waals surface area contributed by atoms with Crippen molar-refractivity contribution in [3.05, 3.63) is 28.8 Å². The van der Waals surface area contributed by atoms with Gasteiger partial charge >= 0.3 is 0 Å². The van der Waals surface area contributed by atoms with Gasteiger partial charge in [-0.3, -0.25) is 5.41 Å². The molecule has 1 aliphatic carbocycles. The summed E-state index contributed by atoms with van der Waals surface area (Å²) in [6, 6.07) is 5.63. The maximum atomic E-state index is 7.35. The lowest BCUT2D eigenvalue weighted by molar-refractivity contribution is 0.237. The summed E-state index contributed by atoms with van der Waals surface area (Å²) in [6.07, 6.45) is 2.81. The second kappa shape index (κ2) is 4.57. The standard InChI is InChI=1S/C13H17ClN2O/c1-9-2-3-10(14)6-11(9)17-8-13(4-5-13)7-12(15)16/h2-3,6H,4-5,7-8H2,1H3,(H3,15,16). The van der Waals surface area contributed by atoms with Crippen LogP contribution in [0.15, 0.2) is 18.2 Å². The van der Waals surface area contributed by atoms with E-state index in [0.717, 1.165) is 24.2 Å². The first-order valence-corrected chi connectivity index (χ1v) is 6.10. The number of rotatable bonds is 5. The molecule has 0 aromatic heterocycles. The summed E-state index contributed by atoms with van der Waals surface area (Å²) in [7, 11) is 0. The van der Waals surface area contributed by atoms with E-state index in [-0.39, 0.29) is 11.3 Å². The third kappa shape index (κ3) is 3.13. The highest BCUT2D eigenvalue weighted by Crippen LogP contribution is 2.49. The van der Waals surface area contributed by atoms with E-state index in [1.54, 1.807) is 0 Å². The minimum atomic E-state index is 0.0978. The van der Waals surface area contributed by atoms with Crippen LogP contribution in [0, 0.1) is 17.7 Å². The Hall–Kier alpha value is -1.22. The molecule has 1 fully saturated rings. The maximum absolute atomic E-state index is 7.35. The van der Waals surface area contributed by atoms with Crippen LogP contribution in [0.25, 0.3) is 0 Å². The third-order valence-electron chi connectivity index (χ3n) is 3.21. The maximum Gasteiger partial charge on any atom is 0.123 e. The van der Waals surface area contributed by atoms with Gasteiger partial charge in [0.1, 0.15) is 5.75 Å². The molecular formula is C13H17ClN2O. The van der Waals surface area contributed by atoms with E-state index >= 15 is 0 Å². The van der Waals surface area contributed by atoms with Crippen molar-refractivity contribution in [2.24, 2.45) is 11.1 Å². The number of aryl methyl sites for hydroxylation is 1. The molecule has 0 radical (unpaired) electrons. The highest BCUT2D eigenvalue weighted by molar-refractivity contribution is 6.30. The van der Waals surface area contributed by atoms with Crippen molar-refractivity contribution in [3.63, 3.8) is 0 Å². The quantitative estimate of drug-likeness (QED) is 0.625. The Kier molecular flexibility index (Phi) is 3.29. The number of nitrogens with two attached hydrogens (primary N) is 1. The molecule has 0 amide bonds. The summed E-state index contributed by atoms with van der Waals surface area (Å²) in [4.78, 5) is 0. The van der Waals surface area contributed by atoms with E-state index in [1.165, 1.54) is 0 Å². The predicted molar refractivity (Wildman–Crippen MR) is 69.9 cm³/mol. The van der Waals surface area contributed by atoms with Gasteiger partial charge in [0, 0.05) is 16.9 Å². The molecule has 92 valence electrons. The molecular weight excluding hydrogens is 236 g/mol. The van der Waals surface area contributed by atoms with Crippen molar-refractivity contribution < 1.29 is 4.74 Å². The molecule has 0 spiro atoms. The van der Waals surface area contributed by atoms with Crippen molar-refractivity contribution >= 4 is 17.4 Å². The molecule has 1 aliphatic rings. The van der Waals surface area contributed by atoms with Crippen molar-refractivity contribution in [2.75, 3.05) is 6.61 Å². The van der Waals surface area contributed by atoms with Crippen molar-refractivity contribution in [2.45, 2.75) is 26.2 Å².